The zero-order valence-electron chi connectivity index (χ0n) is 20.6. The van der Waals surface area contributed by atoms with E-state index in [0.29, 0.717) is 36.6 Å². The Kier molecular flexibility index (Phi) is 9.99. The standard InChI is InChI=1S/C24H30N6O3.CH2O2/c1-3-18(31)9-5-4-6-10-20(27-22(32)17-14-30(2)15-17)24-29-28-23(33-24)19-13-25-12-16-8-7-11-26-21(16)19;2-1-3/h7-8,11-13,17,20H,3-6,9-10,14-15H2,1-2H3,(H,27,32);1H,(H,2,3)/t20-;/m0./s1. The second-order valence-corrected chi connectivity index (χ2v) is 8.78. The molecule has 36 heavy (non-hydrogen) atoms. The van der Waals surface area contributed by atoms with Gasteiger partial charge in [-0.15, -0.1) is 10.2 Å². The fraction of sp³-hybridized carbons (Fsp3) is 0.480. The minimum absolute atomic E-state index is 0.00695. The number of unbranched alkanes of at least 4 members (excludes halogenated alkanes) is 2. The quantitative estimate of drug-likeness (QED) is 0.299. The summed E-state index contributed by atoms with van der Waals surface area (Å²) in [6.07, 6.45) is 9.58. The molecule has 1 fully saturated rings. The molecule has 1 atom stereocenters. The lowest BCUT2D eigenvalue weighted by Crippen LogP contribution is -2.52. The Hall–Kier alpha value is -3.73. The Morgan fingerprint density at radius 2 is 2.03 bits per heavy atom. The van der Waals surface area contributed by atoms with Crippen LogP contribution in [0.1, 0.15) is 57.4 Å². The topological polar surface area (TPSA) is 151 Å². The van der Waals surface area contributed by atoms with Crippen LogP contribution >= 0.6 is 0 Å². The van der Waals surface area contributed by atoms with Gasteiger partial charge in [-0.2, -0.15) is 0 Å². The average molecular weight is 497 g/mol. The number of carboxylic acid groups (broad SMARTS) is 1. The molecule has 0 aliphatic carbocycles. The molecule has 11 heteroatoms. The van der Waals surface area contributed by atoms with Crippen molar-refractivity contribution in [2.45, 2.75) is 51.5 Å². The number of carbonyl (C=O) groups excluding carboxylic acids is 2. The molecule has 0 bridgehead atoms. The first-order valence-electron chi connectivity index (χ1n) is 12.1. The number of hydrogen-bond donors (Lipinski definition) is 2. The Morgan fingerprint density at radius 1 is 1.25 bits per heavy atom. The number of carbonyl (C=O) groups is 3. The van der Waals surface area contributed by atoms with Crippen molar-refractivity contribution in [2.24, 2.45) is 5.92 Å². The molecule has 0 saturated carbocycles. The third-order valence-corrected chi connectivity index (χ3v) is 6.07. The minimum Gasteiger partial charge on any atom is -0.483 e. The summed E-state index contributed by atoms with van der Waals surface area (Å²) < 4.78 is 6.02. The summed E-state index contributed by atoms with van der Waals surface area (Å²) >= 11 is 0. The third kappa shape index (κ3) is 7.14. The maximum Gasteiger partial charge on any atom is 0.290 e. The fourth-order valence-electron chi connectivity index (χ4n) is 4.08. The maximum atomic E-state index is 12.7. The normalized spacial score (nSPS) is 14.4. The minimum atomic E-state index is -0.373. The summed E-state index contributed by atoms with van der Waals surface area (Å²) in [5.41, 5.74) is 1.40. The zero-order chi connectivity index (χ0) is 25.9. The third-order valence-electron chi connectivity index (χ3n) is 6.07. The first kappa shape index (κ1) is 26.9. The van der Waals surface area contributed by atoms with Crippen LogP contribution in [0.2, 0.25) is 0 Å². The summed E-state index contributed by atoms with van der Waals surface area (Å²) in [5.74, 6) is 0.982. The van der Waals surface area contributed by atoms with Gasteiger partial charge in [0.2, 0.25) is 11.8 Å². The van der Waals surface area contributed by atoms with Crippen LogP contribution < -0.4 is 5.32 Å². The lowest BCUT2D eigenvalue weighted by atomic mass is 9.99. The van der Waals surface area contributed by atoms with E-state index >= 15 is 0 Å². The number of nitrogens with one attached hydrogen (secondary N) is 1. The molecule has 1 aliphatic heterocycles. The van der Waals surface area contributed by atoms with Crippen molar-refractivity contribution in [1.29, 1.82) is 0 Å². The van der Waals surface area contributed by atoms with E-state index in [-0.39, 0.29) is 30.1 Å². The summed E-state index contributed by atoms with van der Waals surface area (Å²) in [6.45, 7) is 3.14. The van der Waals surface area contributed by atoms with E-state index in [1.54, 1.807) is 18.6 Å². The Bertz CT molecular complexity index is 1160. The van der Waals surface area contributed by atoms with E-state index < -0.39 is 0 Å². The fourth-order valence-corrected chi connectivity index (χ4v) is 4.08. The molecule has 3 aromatic heterocycles. The molecule has 192 valence electrons. The van der Waals surface area contributed by atoms with Crippen LogP contribution in [0.5, 0.6) is 0 Å². The number of ketones is 1. The van der Waals surface area contributed by atoms with Crippen LogP contribution in [0.25, 0.3) is 22.4 Å². The number of likely N-dealkylation sites (tertiary alicyclic amines) is 1. The maximum absolute atomic E-state index is 12.7. The van der Waals surface area contributed by atoms with E-state index in [1.165, 1.54) is 0 Å². The van der Waals surface area contributed by atoms with Crippen LogP contribution in [0, 0.1) is 5.92 Å². The van der Waals surface area contributed by atoms with Crippen molar-refractivity contribution >= 4 is 29.1 Å². The molecule has 2 N–H and O–H groups in total. The van der Waals surface area contributed by atoms with Crippen LogP contribution in [0.4, 0.5) is 0 Å². The number of aromatic nitrogens is 4. The van der Waals surface area contributed by atoms with Crippen LogP contribution in [-0.4, -0.2) is 68.5 Å². The molecule has 0 unspecified atom stereocenters. The highest BCUT2D eigenvalue weighted by Gasteiger charge is 2.32. The molecule has 0 aromatic carbocycles. The molecule has 4 rings (SSSR count). The van der Waals surface area contributed by atoms with Gasteiger partial charge in [0, 0.05) is 49.9 Å². The Balaban J connectivity index is 0.00000115. The molecule has 3 aromatic rings. The Morgan fingerprint density at radius 3 is 2.75 bits per heavy atom. The summed E-state index contributed by atoms with van der Waals surface area (Å²) in [5, 5.41) is 19.4. The van der Waals surface area contributed by atoms with Gasteiger partial charge in [-0.3, -0.25) is 24.4 Å². The number of amides is 1. The molecule has 1 amide bonds. The van der Waals surface area contributed by atoms with Crippen LogP contribution in [0.3, 0.4) is 0 Å². The van der Waals surface area contributed by atoms with E-state index in [9.17, 15) is 9.59 Å². The van der Waals surface area contributed by atoms with E-state index in [1.807, 2.05) is 26.1 Å². The largest absolute Gasteiger partial charge is 0.483 e. The number of pyridine rings is 2. The Labute approximate surface area is 209 Å². The second-order valence-electron chi connectivity index (χ2n) is 8.78. The predicted octanol–water partition coefficient (Wildman–Crippen LogP) is 3.03. The van der Waals surface area contributed by atoms with Gasteiger partial charge in [0.1, 0.15) is 11.8 Å². The predicted molar refractivity (Wildman–Crippen MR) is 132 cm³/mol. The van der Waals surface area contributed by atoms with Gasteiger partial charge in [0.15, 0.2) is 0 Å². The molecule has 1 saturated heterocycles. The van der Waals surface area contributed by atoms with E-state index in [2.05, 4.69) is 30.4 Å². The first-order valence-corrected chi connectivity index (χ1v) is 12.1. The van der Waals surface area contributed by atoms with Crippen molar-refractivity contribution in [3.8, 4) is 11.5 Å². The second kappa shape index (κ2) is 13.4. The van der Waals surface area contributed by atoms with Crippen molar-refractivity contribution in [2.75, 3.05) is 20.1 Å². The SMILES string of the molecule is CCC(=O)CCCCC[C@H](NC(=O)C1CN(C)C1)c1nnc(-c2cncc3cccnc23)o1.O=CO. The number of rotatable bonds is 11. The smallest absolute Gasteiger partial charge is 0.290 e. The molecule has 4 heterocycles. The van der Waals surface area contributed by atoms with E-state index in [0.717, 1.165) is 43.3 Å². The molecular weight excluding hydrogens is 464 g/mol. The molecular formula is C25H32N6O5. The zero-order valence-corrected chi connectivity index (χ0v) is 20.6. The summed E-state index contributed by atoms with van der Waals surface area (Å²) in [7, 11) is 2.00. The van der Waals surface area contributed by atoms with Crippen LogP contribution in [-0.2, 0) is 14.4 Å². The van der Waals surface area contributed by atoms with Gasteiger partial charge < -0.3 is 19.7 Å². The summed E-state index contributed by atoms with van der Waals surface area (Å²) in [4.78, 5) is 43.4. The van der Waals surface area contributed by atoms with Gasteiger partial charge in [-0.25, -0.2) is 0 Å². The first-order chi connectivity index (χ1) is 17.5. The lowest BCUT2D eigenvalue weighted by molar-refractivity contribution is -0.130. The van der Waals surface area contributed by atoms with Crippen molar-refractivity contribution in [3.63, 3.8) is 0 Å². The number of hydrogen-bond acceptors (Lipinski definition) is 9. The van der Waals surface area contributed by atoms with E-state index in [4.69, 9.17) is 14.3 Å². The van der Waals surface area contributed by atoms with Gasteiger partial charge in [0.05, 0.1) is 17.0 Å². The van der Waals surface area contributed by atoms with Crippen molar-refractivity contribution < 1.29 is 23.9 Å². The van der Waals surface area contributed by atoms with Crippen molar-refractivity contribution in [1.82, 2.24) is 30.4 Å². The highest BCUT2D eigenvalue weighted by molar-refractivity contribution is 5.90. The molecule has 1 aliphatic rings. The van der Waals surface area contributed by atoms with Gasteiger partial charge in [0.25, 0.3) is 12.4 Å². The highest BCUT2D eigenvalue weighted by Crippen LogP contribution is 2.28. The molecule has 0 radical (unpaired) electrons. The number of fused-ring (bicyclic) bond motifs is 1. The van der Waals surface area contributed by atoms with Gasteiger partial charge >= 0.3 is 0 Å². The summed E-state index contributed by atoms with van der Waals surface area (Å²) in [6, 6.07) is 3.41. The lowest BCUT2D eigenvalue weighted by Gasteiger charge is -2.35. The van der Waals surface area contributed by atoms with Gasteiger partial charge in [-0.1, -0.05) is 19.8 Å². The number of nitrogens with zero attached hydrogens (tertiary/aromatic N) is 5. The monoisotopic (exact) mass is 496 g/mol. The average Bonchev–Trinajstić information content (AvgIpc) is 3.35. The highest BCUT2D eigenvalue weighted by atomic mass is 16.4. The van der Waals surface area contributed by atoms with Crippen molar-refractivity contribution in [3.05, 3.63) is 36.6 Å². The molecule has 11 nitrogen and oxygen atoms in total. The van der Waals surface area contributed by atoms with Gasteiger partial charge in [-0.05, 0) is 32.0 Å². The van der Waals surface area contributed by atoms with Crippen LogP contribution in [0.15, 0.2) is 35.1 Å². The number of Topliss-reactive ketones (excluding diaryl/α,β-unsaturated/α-hetero) is 1. The molecule has 0 spiro atoms.